The maximum absolute atomic E-state index is 5.59. The molecule has 0 aliphatic heterocycles. The molecule has 1 rings (SSSR count). The SMILES string of the molecule is CC1=C/C(N)=C\C=C/C=C1. The van der Waals surface area contributed by atoms with Crippen molar-refractivity contribution in [2.24, 2.45) is 5.73 Å². The van der Waals surface area contributed by atoms with Crippen LogP contribution in [0.2, 0.25) is 0 Å². The summed E-state index contributed by atoms with van der Waals surface area (Å²) < 4.78 is 0. The van der Waals surface area contributed by atoms with Gasteiger partial charge >= 0.3 is 0 Å². The molecule has 0 amide bonds. The lowest BCUT2D eigenvalue weighted by Gasteiger charge is -1.95. The fraction of sp³-hybridized carbons (Fsp3) is 0.111. The molecule has 0 heterocycles. The van der Waals surface area contributed by atoms with Crippen LogP contribution in [0.5, 0.6) is 0 Å². The highest BCUT2D eigenvalue weighted by atomic mass is 14.5. The van der Waals surface area contributed by atoms with Crippen LogP contribution in [0.1, 0.15) is 6.92 Å². The van der Waals surface area contributed by atoms with E-state index in [4.69, 9.17) is 5.73 Å². The van der Waals surface area contributed by atoms with Gasteiger partial charge in [-0.25, -0.2) is 0 Å². The zero-order valence-electron chi connectivity index (χ0n) is 6.04. The Morgan fingerprint density at radius 1 is 1.20 bits per heavy atom. The fourth-order valence-corrected chi connectivity index (χ4v) is 0.797. The van der Waals surface area contributed by atoms with Crippen LogP contribution in [-0.2, 0) is 0 Å². The maximum atomic E-state index is 5.59. The van der Waals surface area contributed by atoms with Crippen molar-refractivity contribution in [3.63, 3.8) is 0 Å². The van der Waals surface area contributed by atoms with Crippen LogP contribution in [0.15, 0.2) is 47.7 Å². The maximum Gasteiger partial charge on any atom is 0.0316 e. The molecule has 1 aliphatic carbocycles. The molecule has 0 bridgehead atoms. The molecule has 52 valence electrons. The second-order valence-corrected chi connectivity index (χ2v) is 2.30. The summed E-state index contributed by atoms with van der Waals surface area (Å²) in [6.45, 7) is 2.02. The fourth-order valence-electron chi connectivity index (χ4n) is 0.797. The van der Waals surface area contributed by atoms with E-state index in [1.807, 2.05) is 43.4 Å². The smallest absolute Gasteiger partial charge is 0.0316 e. The van der Waals surface area contributed by atoms with E-state index in [1.54, 1.807) is 0 Å². The molecule has 0 unspecified atom stereocenters. The number of nitrogens with two attached hydrogens (primary N) is 1. The first-order chi connectivity index (χ1) is 4.79. The van der Waals surface area contributed by atoms with Crippen molar-refractivity contribution in [2.45, 2.75) is 6.92 Å². The standard InChI is InChI=1S/C9H11N/c1-8-5-3-2-4-6-9(10)7-8/h2-7H,10H2,1H3/b3-2?,4-2-,5-3?,6-4?,8-5?,8-7?,9-6+,9-7?. The molecular formula is C9H11N. The third-order valence-electron chi connectivity index (χ3n) is 1.26. The molecular weight excluding hydrogens is 122 g/mol. The topological polar surface area (TPSA) is 26.0 Å². The lowest BCUT2D eigenvalue weighted by atomic mass is 10.2. The Morgan fingerprint density at radius 3 is 2.80 bits per heavy atom. The van der Waals surface area contributed by atoms with Gasteiger partial charge in [0.25, 0.3) is 0 Å². The molecule has 0 aromatic rings. The first-order valence-corrected chi connectivity index (χ1v) is 3.28. The van der Waals surface area contributed by atoms with Crippen LogP contribution in [0.25, 0.3) is 0 Å². The highest BCUT2D eigenvalue weighted by Gasteiger charge is 1.85. The molecule has 0 atom stereocenters. The molecule has 0 saturated heterocycles. The van der Waals surface area contributed by atoms with Gasteiger partial charge in [0.15, 0.2) is 0 Å². The molecule has 0 spiro atoms. The Balaban J connectivity index is 2.89. The summed E-state index contributed by atoms with van der Waals surface area (Å²) >= 11 is 0. The minimum atomic E-state index is 0.804. The van der Waals surface area contributed by atoms with Gasteiger partial charge in [-0.05, 0) is 24.6 Å². The summed E-state index contributed by atoms with van der Waals surface area (Å²) in [4.78, 5) is 0. The summed E-state index contributed by atoms with van der Waals surface area (Å²) in [7, 11) is 0. The second-order valence-electron chi connectivity index (χ2n) is 2.30. The number of rotatable bonds is 0. The van der Waals surface area contributed by atoms with Crippen molar-refractivity contribution in [3.8, 4) is 0 Å². The van der Waals surface area contributed by atoms with Crippen LogP contribution < -0.4 is 5.73 Å². The molecule has 0 radical (unpaired) electrons. The van der Waals surface area contributed by atoms with E-state index < -0.39 is 0 Å². The van der Waals surface area contributed by atoms with Crippen molar-refractivity contribution in [1.82, 2.24) is 0 Å². The Kier molecular flexibility index (Phi) is 2.11. The van der Waals surface area contributed by atoms with Crippen LogP contribution in [0, 0.1) is 0 Å². The Hall–Kier alpha value is -1.24. The lowest BCUT2D eigenvalue weighted by Crippen LogP contribution is -1.92. The average Bonchev–Trinajstić information content (AvgIpc) is 1.83. The monoisotopic (exact) mass is 133 g/mol. The van der Waals surface area contributed by atoms with Gasteiger partial charge in [0.2, 0.25) is 0 Å². The van der Waals surface area contributed by atoms with Crippen molar-refractivity contribution in [3.05, 3.63) is 47.7 Å². The van der Waals surface area contributed by atoms with Crippen molar-refractivity contribution < 1.29 is 0 Å². The molecule has 0 aromatic carbocycles. The van der Waals surface area contributed by atoms with Gasteiger partial charge in [-0.1, -0.05) is 24.3 Å². The largest absolute Gasteiger partial charge is 0.399 e. The summed E-state index contributed by atoms with van der Waals surface area (Å²) in [6, 6.07) is 0. The summed E-state index contributed by atoms with van der Waals surface area (Å²) in [5, 5.41) is 0. The van der Waals surface area contributed by atoms with Gasteiger partial charge in [-0.3, -0.25) is 0 Å². The molecule has 1 heteroatoms. The zero-order valence-corrected chi connectivity index (χ0v) is 6.04. The first kappa shape index (κ1) is 6.87. The minimum Gasteiger partial charge on any atom is -0.399 e. The molecule has 1 aliphatic rings. The quantitative estimate of drug-likeness (QED) is 0.536. The van der Waals surface area contributed by atoms with E-state index in [0.717, 1.165) is 5.70 Å². The van der Waals surface area contributed by atoms with Crippen molar-refractivity contribution in [1.29, 1.82) is 0 Å². The van der Waals surface area contributed by atoms with E-state index in [2.05, 4.69) is 0 Å². The highest BCUT2D eigenvalue weighted by molar-refractivity contribution is 5.33. The Bertz CT molecular complexity index is 226. The number of hydrogen-bond acceptors (Lipinski definition) is 1. The van der Waals surface area contributed by atoms with E-state index in [-0.39, 0.29) is 0 Å². The van der Waals surface area contributed by atoms with Gasteiger partial charge in [0, 0.05) is 5.70 Å². The van der Waals surface area contributed by atoms with Crippen molar-refractivity contribution >= 4 is 0 Å². The Morgan fingerprint density at radius 2 is 2.00 bits per heavy atom. The Labute approximate surface area is 61.2 Å². The average molecular weight is 133 g/mol. The molecule has 0 saturated carbocycles. The normalized spacial score (nSPS) is 25.7. The molecule has 10 heavy (non-hydrogen) atoms. The van der Waals surface area contributed by atoms with Crippen molar-refractivity contribution in [2.75, 3.05) is 0 Å². The minimum absolute atomic E-state index is 0.804. The van der Waals surface area contributed by atoms with Crippen LogP contribution in [0.4, 0.5) is 0 Å². The van der Waals surface area contributed by atoms with Gasteiger partial charge in [-0.2, -0.15) is 0 Å². The number of hydrogen-bond donors (Lipinski definition) is 1. The van der Waals surface area contributed by atoms with E-state index >= 15 is 0 Å². The van der Waals surface area contributed by atoms with E-state index in [1.165, 1.54) is 5.57 Å². The number of allylic oxidation sites excluding steroid dienone is 7. The van der Waals surface area contributed by atoms with E-state index in [0.29, 0.717) is 0 Å². The molecule has 0 fully saturated rings. The highest BCUT2D eigenvalue weighted by Crippen LogP contribution is 2.02. The third-order valence-corrected chi connectivity index (χ3v) is 1.26. The van der Waals surface area contributed by atoms with Gasteiger partial charge in [0.05, 0.1) is 0 Å². The molecule has 0 aromatic heterocycles. The summed E-state index contributed by atoms with van der Waals surface area (Å²) in [6.07, 6.45) is 11.7. The van der Waals surface area contributed by atoms with Gasteiger partial charge in [0.1, 0.15) is 0 Å². The van der Waals surface area contributed by atoms with E-state index in [9.17, 15) is 0 Å². The summed E-state index contributed by atoms with van der Waals surface area (Å²) in [5.74, 6) is 0. The predicted octanol–water partition coefficient (Wildman–Crippen LogP) is 1.90. The zero-order chi connectivity index (χ0) is 7.40. The van der Waals surface area contributed by atoms with Crippen LogP contribution in [0.3, 0.4) is 0 Å². The van der Waals surface area contributed by atoms with Crippen LogP contribution >= 0.6 is 0 Å². The predicted molar refractivity (Wildman–Crippen MR) is 44.3 cm³/mol. The van der Waals surface area contributed by atoms with Gasteiger partial charge in [-0.15, -0.1) is 0 Å². The lowest BCUT2D eigenvalue weighted by molar-refractivity contribution is 1.37. The van der Waals surface area contributed by atoms with Gasteiger partial charge < -0.3 is 5.73 Å². The second kappa shape index (κ2) is 3.06. The summed E-state index contributed by atoms with van der Waals surface area (Å²) in [5.41, 5.74) is 7.58. The molecule has 1 nitrogen and oxygen atoms in total. The van der Waals surface area contributed by atoms with Crippen LogP contribution in [-0.4, -0.2) is 0 Å². The molecule has 2 N–H and O–H groups in total. The third kappa shape index (κ3) is 1.94. The first-order valence-electron chi connectivity index (χ1n) is 3.28.